The molecule has 1 N–H and O–H groups in total. The zero-order valence-corrected chi connectivity index (χ0v) is 18.2. The average Bonchev–Trinajstić information content (AvgIpc) is 3.43. The molecule has 162 valence electrons. The first kappa shape index (κ1) is 20.1. The predicted octanol–water partition coefficient (Wildman–Crippen LogP) is 3.68. The highest BCUT2D eigenvalue weighted by molar-refractivity contribution is 7.91. The lowest BCUT2D eigenvalue weighted by Gasteiger charge is -2.13. The summed E-state index contributed by atoms with van der Waals surface area (Å²) in [6.07, 6.45) is 2.52. The average molecular weight is 443 g/mol. The number of halogens is 1. The van der Waals surface area contributed by atoms with Gasteiger partial charge in [-0.15, -0.1) is 0 Å². The van der Waals surface area contributed by atoms with Crippen LogP contribution in [0.15, 0.2) is 24.3 Å². The molecule has 2 aliphatic rings. The number of benzene rings is 1. The molecule has 7 nitrogen and oxygen atoms in total. The highest BCUT2D eigenvalue weighted by atomic mass is 32.2. The second-order valence-corrected chi connectivity index (χ2v) is 10.8. The first-order valence-electron chi connectivity index (χ1n) is 10.4. The molecule has 9 heteroatoms. The number of carbonyl (C=O) groups is 1. The number of nitrogens with zero attached hydrogens (tertiary/aromatic N) is 3. The first-order valence-corrected chi connectivity index (χ1v) is 12.2. The second-order valence-electron chi connectivity index (χ2n) is 8.57. The van der Waals surface area contributed by atoms with E-state index in [1.807, 2.05) is 6.07 Å². The van der Waals surface area contributed by atoms with E-state index in [4.69, 9.17) is 4.98 Å². The van der Waals surface area contributed by atoms with E-state index in [1.54, 1.807) is 24.6 Å². The van der Waals surface area contributed by atoms with Crippen LogP contribution in [0.1, 0.15) is 58.5 Å². The number of hydrogen-bond acceptors (Lipinski definition) is 5. The van der Waals surface area contributed by atoms with Crippen LogP contribution in [-0.2, 0) is 9.84 Å². The van der Waals surface area contributed by atoms with Gasteiger partial charge in [-0.2, -0.15) is 5.10 Å². The molecule has 0 radical (unpaired) electrons. The topological polar surface area (TPSA) is 93.9 Å². The van der Waals surface area contributed by atoms with Gasteiger partial charge in [0.25, 0.3) is 5.91 Å². The Morgan fingerprint density at radius 3 is 2.61 bits per heavy atom. The van der Waals surface area contributed by atoms with Gasteiger partial charge in [-0.05, 0) is 62.9 Å². The molecular weight excluding hydrogens is 419 g/mol. The van der Waals surface area contributed by atoms with Crippen LogP contribution in [0.4, 0.5) is 10.1 Å². The Hall–Kier alpha value is -2.81. The van der Waals surface area contributed by atoms with E-state index in [0.717, 1.165) is 18.5 Å². The van der Waals surface area contributed by atoms with Crippen LogP contribution >= 0.6 is 0 Å². The van der Waals surface area contributed by atoms with Crippen molar-refractivity contribution in [3.05, 3.63) is 52.6 Å². The number of aromatic nitrogens is 3. The largest absolute Gasteiger partial charge is 0.322 e. The Balaban J connectivity index is 1.61. The van der Waals surface area contributed by atoms with Crippen LogP contribution < -0.4 is 5.32 Å². The van der Waals surface area contributed by atoms with Crippen LogP contribution in [0.25, 0.3) is 11.0 Å². The summed E-state index contributed by atoms with van der Waals surface area (Å²) < 4.78 is 39.2. The summed E-state index contributed by atoms with van der Waals surface area (Å²) in [4.78, 5) is 18.1. The van der Waals surface area contributed by atoms with Gasteiger partial charge in [0.15, 0.2) is 15.5 Å². The van der Waals surface area contributed by atoms with E-state index >= 15 is 0 Å². The summed E-state index contributed by atoms with van der Waals surface area (Å²) >= 11 is 0. The van der Waals surface area contributed by atoms with Crippen LogP contribution in [0.3, 0.4) is 0 Å². The molecule has 2 aromatic heterocycles. The van der Waals surface area contributed by atoms with E-state index in [-0.39, 0.29) is 29.3 Å². The Morgan fingerprint density at radius 2 is 1.97 bits per heavy atom. The Labute approximate surface area is 179 Å². The minimum absolute atomic E-state index is 0.0366. The maximum absolute atomic E-state index is 13.4. The van der Waals surface area contributed by atoms with Gasteiger partial charge in [-0.25, -0.2) is 22.5 Å². The standard InChI is InChI=1S/C22H23FN4O3S/c1-12-9-15(23)5-6-18(12)25-22(28)17-10-19(14-3-4-14)24-21-20(17)13(2)26-27(21)16-7-8-31(29,30)11-16/h5-6,9-10,14,16H,3-4,7-8,11H2,1-2H3,(H,25,28)/t16-/m1/s1. The highest BCUT2D eigenvalue weighted by Crippen LogP contribution is 2.41. The van der Waals surface area contributed by atoms with E-state index in [0.29, 0.717) is 45.9 Å². The summed E-state index contributed by atoms with van der Waals surface area (Å²) in [5, 5.41) is 8.11. The molecule has 5 rings (SSSR count). The number of hydrogen-bond donors (Lipinski definition) is 1. The molecule has 3 aromatic rings. The summed E-state index contributed by atoms with van der Waals surface area (Å²) in [6.45, 7) is 3.54. The third kappa shape index (κ3) is 3.71. The summed E-state index contributed by atoms with van der Waals surface area (Å²) in [5.41, 5.74) is 3.65. The van der Waals surface area contributed by atoms with Gasteiger partial charge >= 0.3 is 0 Å². The maximum Gasteiger partial charge on any atom is 0.256 e. The predicted molar refractivity (Wildman–Crippen MR) is 116 cm³/mol. The summed E-state index contributed by atoms with van der Waals surface area (Å²) in [5.74, 6) is -0.196. The smallest absolute Gasteiger partial charge is 0.256 e. The maximum atomic E-state index is 13.4. The number of rotatable bonds is 4. The number of nitrogens with one attached hydrogen (secondary N) is 1. The summed E-state index contributed by atoms with van der Waals surface area (Å²) in [7, 11) is -3.09. The molecule has 1 saturated heterocycles. The number of carbonyl (C=O) groups excluding carboxylic acids is 1. The fraction of sp³-hybridized carbons (Fsp3) is 0.409. The SMILES string of the molecule is Cc1cc(F)ccc1NC(=O)c1cc(C2CC2)nc2c1c(C)nn2[C@@H]1CCS(=O)(=O)C1. The first-order chi connectivity index (χ1) is 14.7. The number of amides is 1. The van der Waals surface area contributed by atoms with E-state index < -0.39 is 9.84 Å². The summed E-state index contributed by atoms with van der Waals surface area (Å²) in [6, 6.07) is 5.76. The Morgan fingerprint density at radius 1 is 1.19 bits per heavy atom. The minimum Gasteiger partial charge on any atom is -0.322 e. The number of fused-ring (bicyclic) bond motifs is 1. The molecule has 1 aliphatic heterocycles. The molecule has 3 heterocycles. The fourth-order valence-corrected chi connectivity index (χ4v) is 5.97. The van der Waals surface area contributed by atoms with Gasteiger partial charge in [0.2, 0.25) is 0 Å². The van der Waals surface area contributed by atoms with Gasteiger partial charge in [0, 0.05) is 17.3 Å². The van der Waals surface area contributed by atoms with Crippen molar-refractivity contribution in [3.63, 3.8) is 0 Å². The number of pyridine rings is 1. The van der Waals surface area contributed by atoms with Crippen molar-refractivity contribution in [2.24, 2.45) is 0 Å². The second kappa shape index (κ2) is 7.12. The fourth-order valence-electron chi connectivity index (χ4n) is 4.28. The molecule has 0 spiro atoms. The van der Waals surface area contributed by atoms with Gasteiger partial charge in [-0.3, -0.25) is 4.79 Å². The van der Waals surface area contributed by atoms with Gasteiger partial charge < -0.3 is 5.32 Å². The van der Waals surface area contributed by atoms with Gasteiger partial charge in [0.1, 0.15) is 5.82 Å². The Bertz CT molecular complexity index is 1330. The lowest BCUT2D eigenvalue weighted by Crippen LogP contribution is -2.16. The number of sulfone groups is 1. The zero-order valence-electron chi connectivity index (χ0n) is 17.4. The third-order valence-electron chi connectivity index (χ3n) is 6.09. The van der Waals surface area contributed by atoms with Gasteiger partial charge in [0.05, 0.1) is 34.2 Å². The molecule has 2 fully saturated rings. The van der Waals surface area contributed by atoms with Crippen molar-refractivity contribution >= 4 is 32.5 Å². The van der Waals surface area contributed by atoms with E-state index in [1.165, 1.54) is 12.1 Å². The molecule has 1 aliphatic carbocycles. The molecule has 0 unspecified atom stereocenters. The molecular formula is C22H23FN4O3S. The number of anilines is 1. The van der Waals surface area contributed by atoms with Crippen LogP contribution in [-0.4, -0.2) is 40.6 Å². The van der Waals surface area contributed by atoms with Gasteiger partial charge in [-0.1, -0.05) is 0 Å². The zero-order chi connectivity index (χ0) is 21.9. The van der Waals surface area contributed by atoms with Crippen molar-refractivity contribution in [1.82, 2.24) is 14.8 Å². The van der Waals surface area contributed by atoms with Crippen molar-refractivity contribution in [1.29, 1.82) is 0 Å². The van der Waals surface area contributed by atoms with Crippen LogP contribution in [0.2, 0.25) is 0 Å². The van der Waals surface area contributed by atoms with Crippen LogP contribution in [0, 0.1) is 19.7 Å². The monoisotopic (exact) mass is 442 g/mol. The van der Waals surface area contributed by atoms with E-state index in [9.17, 15) is 17.6 Å². The molecule has 31 heavy (non-hydrogen) atoms. The lowest BCUT2D eigenvalue weighted by atomic mass is 10.1. The van der Waals surface area contributed by atoms with Crippen molar-refractivity contribution < 1.29 is 17.6 Å². The highest BCUT2D eigenvalue weighted by Gasteiger charge is 2.34. The molecule has 1 amide bonds. The van der Waals surface area contributed by atoms with E-state index in [2.05, 4.69) is 10.4 Å². The molecule has 1 atom stereocenters. The normalized spacial score (nSPS) is 20.3. The third-order valence-corrected chi connectivity index (χ3v) is 7.84. The molecule has 1 saturated carbocycles. The molecule has 1 aromatic carbocycles. The van der Waals surface area contributed by atoms with Crippen molar-refractivity contribution in [2.75, 3.05) is 16.8 Å². The quantitative estimate of drug-likeness (QED) is 0.665. The van der Waals surface area contributed by atoms with Crippen molar-refractivity contribution in [3.8, 4) is 0 Å². The van der Waals surface area contributed by atoms with Crippen molar-refractivity contribution in [2.45, 2.75) is 45.1 Å². The lowest BCUT2D eigenvalue weighted by molar-refractivity contribution is 0.102. The van der Waals surface area contributed by atoms with Crippen LogP contribution in [0.5, 0.6) is 0 Å². The molecule has 0 bridgehead atoms. The minimum atomic E-state index is -3.09. The Kier molecular flexibility index (Phi) is 4.62. The number of aryl methyl sites for hydroxylation is 2.